The fourth-order valence-electron chi connectivity index (χ4n) is 1.91. The van der Waals surface area contributed by atoms with E-state index in [1.165, 1.54) is 9.40 Å². The number of rotatable bonds is 4. The van der Waals surface area contributed by atoms with Gasteiger partial charge in [0, 0.05) is 15.0 Å². The van der Waals surface area contributed by atoms with Crippen molar-refractivity contribution in [2.75, 3.05) is 6.61 Å². The molecular weight excluding hydrogens is 276 g/mol. The van der Waals surface area contributed by atoms with E-state index in [1.807, 2.05) is 36.6 Å². The summed E-state index contributed by atoms with van der Waals surface area (Å²) in [4.78, 5) is 13.2. The summed E-state index contributed by atoms with van der Waals surface area (Å²) in [7, 11) is 0. The molecule has 0 unspecified atom stereocenters. The maximum atomic E-state index is 12.4. The molecule has 96 valence electrons. The van der Waals surface area contributed by atoms with Gasteiger partial charge >= 0.3 is 0 Å². The van der Waals surface area contributed by atoms with E-state index in [2.05, 4.69) is 6.07 Å². The van der Waals surface area contributed by atoms with Gasteiger partial charge in [-0.25, -0.2) is 0 Å². The molecule has 0 aliphatic carbocycles. The van der Waals surface area contributed by atoms with Crippen molar-refractivity contribution in [2.24, 2.45) is 0 Å². The van der Waals surface area contributed by atoms with Crippen molar-refractivity contribution >= 4 is 37.9 Å². The number of fused-ring (bicyclic) bond motifs is 1. The fraction of sp³-hybridized carbons (Fsp3) is 0.133. The Labute approximate surface area is 119 Å². The Bertz CT molecular complexity index is 696. The normalized spacial score (nSPS) is 10.8. The third-order valence-electron chi connectivity index (χ3n) is 2.77. The molecule has 0 aliphatic heterocycles. The van der Waals surface area contributed by atoms with Crippen LogP contribution in [0.15, 0.2) is 41.8 Å². The van der Waals surface area contributed by atoms with E-state index in [4.69, 9.17) is 4.74 Å². The second-order valence-corrected chi connectivity index (χ2v) is 6.08. The smallest absolute Gasteiger partial charge is 0.203 e. The van der Waals surface area contributed by atoms with Crippen molar-refractivity contribution in [3.63, 3.8) is 0 Å². The van der Waals surface area contributed by atoms with Crippen LogP contribution >= 0.6 is 22.7 Å². The summed E-state index contributed by atoms with van der Waals surface area (Å²) < 4.78 is 7.78. The first-order valence-electron chi connectivity index (χ1n) is 6.02. The standard InChI is InChI=1S/C15H12O2S2/c1-2-17-11-5-3-4-10(8-11)15(16)14-9-13-12(19-14)6-7-18-13/h3-9H,2H2,1H3. The molecule has 1 aromatic carbocycles. The second kappa shape index (κ2) is 5.15. The minimum Gasteiger partial charge on any atom is -0.494 e. The van der Waals surface area contributed by atoms with Crippen LogP contribution in [0, 0.1) is 0 Å². The minimum atomic E-state index is 0.0648. The summed E-state index contributed by atoms with van der Waals surface area (Å²) in [5, 5.41) is 2.05. The zero-order chi connectivity index (χ0) is 13.2. The third kappa shape index (κ3) is 2.41. The Morgan fingerprint density at radius 3 is 2.89 bits per heavy atom. The van der Waals surface area contributed by atoms with Crippen LogP contribution in [-0.4, -0.2) is 12.4 Å². The van der Waals surface area contributed by atoms with Crippen molar-refractivity contribution in [2.45, 2.75) is 6.92 Å². The lowest BCUT2D eigenvalue weighted by Gasteiger charge is -2.04. The number of hydrogen-bond acceptors (Lipinski definition) is 4. The summed E-state index contributed by atoms with van der Waals surface area (Å²) in [6.45, 7) is 2.54. The SMILES string of the molecule is CCOc1cccc(C(=O)c2cc3sccc3s2)c1. The molecule has 0 saturated carbocycles. The number of thiophene rings is 2. The second-order valence-electron chi connectivity index (χ2n) is 4.05. The predicted octanol–water partition coefficient (Wildman–Crippen LogP) is 4.59. The van der Waals surface area contributed by atoms with E-state index in [0.717, 1.165) is 10.6 Å². The molecule has 0 bridgehead atoms. The van der Waals surface area contributed by atoms with Crippen molar-refractivity contribution < 1.29 is 9.53 Å². The van der Waals surface area contributed by atoms with Gasteiger partial charge in [0.05, 0.1) is 11.5 Å². The van der Waals surface area contributed by atoms with E-state index in [9.17, 15) is 4.79 Å². The van der Waals surface area contributed by atoms with Gasteiger partial charge < -0.3 is 4.74 Å². The molecule has 0 fully saturated rings. The average Bonchev–Trinajstić information content (AvgIpc) is 2.99. The number of ether oxygens (including phenoxy) is 1. The van der Waals surface area contributed by atoms with Gasteiger partial charge in [-0.1, -0.05) is 12.1 Å². The molecule has 4 heteroatoms. The van der Waals surface area contributed by atoms with E-state index in [0.29, 0.717) is 12.2 Å². The number of hydrogen-bond donors (Lipinski definition) is 0. The van der Waals surface area contributed by atoms with Crippen LogP contribution in [0.25, 0.3) is 9.40 Å². The van der Waals surface area contributed by atoms with Crippen molar-refractivity contribution in [3.8, 4) is 5.75 Å². The highest BCUT2D eigenvalue weighted by Crippen LogP contribution is 2.31. The molecule has 3 aromatic rings. The molecule has 0 N–H and O–H groups in total. The Morgan fingerprint density at radius 2 is 2.11 bits per heavy atom. The molecule has 19 heavy (non-hydrogen) atoms. The quantitative estimate of drug-likeness (QED) is 0.656. The predicted molar refractivity (Wildman–Crippen MR) is 80.7 cm³/mol. The summed E-state index contributed by atoms with van der Waals surface area (Å²) in [5.74, 6) is 0.807. The van der Waals surface area contributed by atoms with Gasteiger partial charge in [0.25, 0.3) is 0 Å². The Kier molecular flexibility index (Phi) is 3.36. The van der Waals surface area contributed by atoms with Gasteiger partial charge in [-0.15, -0.1) is 22.7 Å². The number of ketones is 1. The van der Waals surface area contributed by atoms with Crippen LogP contribution < -0.4 is 4.74 Å². The zero-order valence-corrected chi connectivity index (χ0v) is 12.0. The first kappa shape index (κ1) is 12.4. The van der Waals surface area contributed by atoms with Gasteiger partial charge in [-0.3, -0.25) is 4.79 Å². The van der Waals surface area contributed by atoms with Gasteiger partial charge in [0.15, 0.2) is 0 Å². The van der Waals surface area contributed by atoms with Crippen LogP contribution in [0.3, 0.4) is 0 Å². The van der Waals surface area contributed by atoms with Gasteiger partial charge in [-0.05, 0) is 36.6 Å². The Balaban J connectivity index is 1.94. The lowest BCUT2D eigenvalue weighted by atomic mass is 10.1. The van der Waals surface area contributed by atoms with Gasteiger partial charge in [0.2, 0.25) is 5.78 Å². The summed E-state index contributed by atoms with van der Waals surface area (Å²) in [5.41, 5.74) is 0.680. The van der Waals surface area contributed by atoms with Crippen molar-refractivity contribution in [1.29, 1.82) is 0 Å². The molecule has 0 spiro atoms. The molecule has 0 radical (unpaired) electrons. The first-order chi connectivity index (χ1) is 9.28. The fourth-order valence-corrected chi connectivity index (χ4v) is 3.98. The highest BCUT2D eigenvalue weighted by Gasteiger charge is 2.13. The van der Waals surface area contributed by atoms with Crippen LogP contribution in [-0.2, 0) is 0 Å². The van der Waals surface area contributed by atoms with Gasteiger partial charge in [0.1, 0.15) is 5.75 Å². The maximum Gasteiger partial charge on any atom is 0.203 e. The van der Waals surface area contributed by atoms with Crippen LogP contribution in [0.4, 0.5) is 0 Å². The molecular formula is C15H12O2S2. The van der Waals surface area contributed by atoms with Gasteiger partial charge in [-0.2, -0.15) is 0 Å². The molecule has 2 aromatic heterocycles. The highest BCUT2D eigenvalue weighted by molar-refractivity contribution is 7.28. The molecule has 0 aliphatic rings. The third-order valence-corrected chi connectivity index (χ3v) is 4.86. The molecule has 0 atom stereocenters. The molecule has 0 saturated heterocycles. The lowest BCUT2D eigenvalue weighted by molar-refractivity contribution is 0.104. The largest absolute Gasteiger partial charge is 0.494 e. The maximum absolute atomic E-state index is 12.4. The average molecular weight is 288 g/mol. The molecule has 0 amide bonds. The summed E-state index contributed by atoms with van der Waals surface area (Å²) in [6.07, 6.45) is 0. The first-order valence-corrected chi connectivity index (χ1v) is 7.72. The van der Waals surface area contributed by atoms with Crippen LogP contribution in [0.1, 0.15) is 22.2 Å². The van der Waals surface area contributed by atoms with E-state index >= 15 is 0 Å². The molecule has 2 heterocycles. The van der Waals surface area contributed by atoms with Crippen molar-refractivity contribution in [3.05, 3.63) is 52.2 Å². The minimum absolute atomic E-state index is 0.0648. The molecule has 3 rings (SSSR count). The molecule has 2 nitrogen and oxygen atoms in total. The zero-order valence-electron chi connectivity index (χ0n) is 10.4. The van der Waals surface area contributed by atoms with Crippen LogP contribution in [0.5, 0.6) is 5.75 Å². The number of carbonyl (C=O) groups excluding carboxylic acids is 1. The summed E-state index contributed by atoms with van der Waals surface area (Å²) in [6, 6.07) is 11.4. The number of benzene rings is 1. The number of carbonyl (C=O) groups is 1. The van der Waals surface area contributed by atoms with E-state index in [1.54, 1.807) is 28.7 Å². The topological polar surface area (TPSA) is 26.3 Å². The highest BCUT2D eigenvalue weighted by atomic mass is 32.1. The van der Waals surface area contributed by atoms with Crippen molar-refractivity contribution in [1.82, 2.24) is 0 Å². The Hall–Kier alpha value is -1.65. The monoisotopic (exact) mass is 288 g/mol. The lowest BCUT2D eigenvalue weighted by Crippen LogP contribution is -1.99. The van der Waals surface area contributed by atoms with E-state index in [-0.39, 0.29) is 5.78 Å². The van der Waals surface area contributed by atoms with E-state index < -0.39 is 0 Å². The summed E-state index contributed by atoms with van der Waals surface area (Å²) >= 11 is 3.21. The van der Waals surface area contributed by atoms with Crippen LogP contribution in [0.2, 0.25) is 0 Å². The Morgan fingerprint density at radius 1 is 1.21 bits per heavy atom.